The summed E-state index contributed by atoms with van der Waals surface area (Å²) in [4.78, 5) is 21.1. The van der Waals surface area contributed by atoms with Gasteiger partial charge in [-0.15, -0.1) is 0 Å². The Labute approximate surface area is 216 Å². The second kappa shape index (κ2) is 9.17. The highest BCUT2D eigenvalue weighted by Crippen LogP contribution is 2.37. The molecule has 0 bridgehead atoms. The lowest BCUT2D eigenvalue weighted by Gasteiger charge is -2.24. The van der Waals surface area contributed by atoms with Gasteiger partial charge in [0.25, 0.3) is 5.91 Å². The number of amides is 1. The summed E-state index contributed by atoms with van der Waals surface area (Å²) in [6.07, 6.45) is -2.55. The third-order valence-corrected chi connectivity index (χ3v) is 6.11. The van der Waals surface area contributed by atoms with Gasteiger partial charge >= 0.3 is 6.18 Å². The van der Waals surface area contributed by atoms with Crippen molar-refractivity contribution in [3.8, 4) is 11.8 Å². The Morgan fingerprint density at radius 2 is 1.62 bits per heavy atom. The van der Waals surface area contributed by atoms with Crippen molar-refractivity contribution in [3.05, 3.63) is 83.9 Å². The van der Waals surface area contributed by atoms with Gasteiger partial charge in [-0.3, -0.25) is 9.36 Å². The predicted octanol–water partition coefficient (Wildman–Crippen LogP) is 4.93. The summed E-state index contributed by atoms with van der Waals surface area (Å²) < 4.78 is 71.6. The zero-order chi connectivity index (χ0) is 28.1. The van der Waals surface area contributed by atoms with Crippen LogP contribution in [-0.2, 0) is 17.5 Å². The van der Waals surface area contributed by atoms with Crippen LogP contribution in [0.2, 0.25) is 0 Å². The lowest BCUT2D eigenvalue weighted by Crippen LogP contribution is -2.43. The molecule has 2 aromatic heterocycles. The van der Waals surface area contributed by atoms with Crippen molar-refractivity contribution in [1.82, 2.24) is 19.1 Å². The zero-order valence-electron chi connectivity index (χ0n) is 20.0. The number of aromatic nitrogens is 4. The number of imidazole rings is 2. The highest BCUT2D eigenvalue weighted by atomic mass is 19.4. The predicted molar refractivity (Wildman–Crippen MR) is 130 cm³/mol. The maximum atomic E-state index is 14.0. The third kappa shape index (κ3) is 4.77. The fourth-order valence-electron chi connectivity index (χ4n) is 4.24. The summed E-state index contributed by atoms with van der Waals surface area (Å²) in [5.41, 5.74) is -3.78. The third-order valence-electron chi connectivity index (χ3n) is 6.11. The Morgan fingerprint density at radius 1 is 1.00 bits per heavy atom. The molecule has 0 aliphatic carbocycles. The molecule has 0 aliphatic rings. The second-order valence-corrected chi connectivity index (χ2v) is 9.01. The number of carbonyl (C=O) groups excluding carboxylic acids is 1. The quantitative estimate of drug-likeness (QED) is 0.307. The molecule has 8 nitrogen and oxygen atoms in total. The van der Waals surface area contributed by atoms with Gasteiger partial charge < -0.3 is 15.0 Å². The van der Waals surface area contributed by atoms with Crippen molar-refractivity contribution < 1.29 is 31.9 Å². The van der Waals surface area contributed by atoms with Crippen LogP contribution in [0.15, 0.2) is 61.2 Å². The molecule has 39 heavy (non-hydrogen) atoms. The molecule has 1 atom stereocenters. The smallest absolute Gasteiger partial charge is 0.378 e. The first kappa shape index (κ1) is 25.8. The molecule has 5 aromatic rings. The number of aliphatic hydroxyl groups is 1. The number of alkyl halides is 3. The van der Waals surface area contributed by atoms with Gasteiger partial charge in [0.1, 0.15) is 24.0 Å². The van der Waals surface area contributed by atoms with E-state index in [1.54, 1.807) is 6.07 Å². The van der Waals surface area contributed by atoms with E-state index in [2.05, 4.69) is 15.3 Å². The van der Waals surface area contributed by atoms with E-state index < -0.39 is 40.4 Å². The molecule has 0 radical (unpaired) electrons. The van der Waals surface area contributed by atoms with E-state index in [1.807, 2.05) is 0 Å². The van der Waals surface area contributed by atoms with Crippen molar-refractivity contribution >= 4 is 33.7 Å². The van der Waals surface area contributed by atoms with Gasteiger partial charge in [0.2, 0.25) is 0 Å². The number of carbonyl (C=O) groups is 1. The van der Waals surface area contributed by atoms with Crippen molar-refractivity contribution in [3.63, 3.8) is 0 Å². The highest BCUT2D eigenvalue weighted by Gasteiger charge is 2.37. The Bertz CT molecular complexity index is 1800. The lowest BCUT2D eigenvalue weighted by molar-refractivity contribution is -0.138. The molecular weight excluding hydrogens is 523 g/mol. The molecular formula is C26H17F5N6O2. The summed E-state index contributed by atoms with van der Waals surface area (Å²) in [5, 5.41) is 22.8. The Balaban J connectivity index is 1.54. The summed E-state index contributed by atoms with van der Waals surface area (Å²) in [6, 6.07) is 10.5. The second-order valence-electron chi connectivity index (χ2n) is 9.01. The van der Waals surface area contributed by atoms with Gasteiger partial charge in [-0.25, -0.2) is 18.7 Å². The number of rotatable bonds is 5. The van der Waals surface area contributed by atoms with Crippen molar-refractivity contribution in [2.24, 2.45) is 0 Å². The van der Waals surface area contributed by atoms with E-state index in [1.165, 1.54) is 39.7 Å². The van der Waals surface area contributed by atoms with Crippen molar-refractivity contribution in [2.45, 2.75) is 25.2 Å². The number of halogens is 5. The molecule has 0 saturated heterocycles. The van der Waals surface area contributed by atoms with E-state index in [4.69, 9.17) is 0 Å². The maximum absolute atomic E-state index is 14.0. The first-order chi connectivity index (χ1) is 18.4. The van der Waals surface area contributed by atoms with Crippen LogP contribution in [-0.4, -0.2) is 35.7 Å². The number of nitriles is 1. The standard InChI is InChI=1S/C26H17F5N6O2/c1-25(39,11-36-12-33-19-6-14(27)2-4-21(19)36)24(38)35-16-8-18(26(29,30)31)17(10-32)23(9-16)37-13-34-20-7-15(28)3-5-22(20)37/h2-9,12-13,39H,11H2,1H3,(H,35,38). The van der Waals surface area contributed by atoms with Crippen LogP contribution in [0.3, 0.4) is 0 Å². The molecule has 0 aliphatic heterocycles. The molecule has 0 fully saturated rings. The monoisotopic (exact) mass is 540 g/mol. The van der Waals surface area contributed by atoms with E-state index in [-0.39, 0.29) is 34.5 Å². The van der Waals surface area contributed by atoms with Gasteiger partial charge in [-0.05, 0) is 43.3 Å². The molecule has 198 valence electrons. The Hall–Kier alpha value is -4.83. The molecule has 13 heteroatoms. The van der Waals surface area contributed by atoms with E-state index in [0.717, 1.165) is 31.5 Å². The fourth-order valence-corrected chi connectivity index (χ4v) is 4.24. The number of nitrogens with one attached hydrogen (secondary N) is 1. The fraction of sp³-hybridized carbons (Fsp3) is 0.154. The molecule has 2 heterocycles. The molecule has 5 rings (SSSR count). The van der Waals surface area contributed by atoms with Crippen LogP contribution in [0.4, 0.5) is 27.6 Å². The average molecular weight is 540 g/mol. The minimum atomic E-state index is -4.98. The maximum Gasteiger partial charge on any atom is 0.417 e. The van der Waals surface area contributed by atoms with Crippen LogP contribution in [0.5, 0.6) is 0 Å². The summed E-state index contributed by atoms with van der Waals surface area (Å²) in [6.45, 7) is 0.804. The number of nitrogens with zero attached hydrogens (tertiary/aromatic N) is 5. The highest BCUT2D eigenvalue weighted by molar-refractivity contribution is 5.97. The van der Waals surface area contributed by atoms with Crippen LogP contribution < -0.4 is 5.32 Å². The molecule has 0 spiro atoms. The molecule has 3 aromatic carbocycles. The van der Waals surface area contributed by atoms with E-state index >= 15 is 0 Å². The zero-order valence-corrected chi connectivity index (χ0v) is 20.0. The molecule has 0 saturated carbocycles. The Morgan fingerprint density at radius 3 is 2.26 bits per heavy atom. The largest absolute Gasteiger partial charge is 0.417 e. The van der Waals surface area contributed by atoms with Crippen molar-refractivity contribution in [1.29, 1.82) is 5.26 Å². The first-order valence-corrected chi connectivity index (χ1v) is 11.3. The van der Waals surface area contributed by atoms with Crippen LogP contribution >= 0.6 is 0 Å². The number of benzene rings is 3. The lowest BCUT2D eigenvalue weighted by atomic mass is 10.0. The van der Waals surface area contributed by atoms with Crippen molar-refractivity contribution in [2.75, 3.05) is 5.32 Å². The van der Waals surface area contributed by atoms with E-state index in [9.17, 15) is 37.1 Å². The number of fused-ring (bicyclic) bond motifs is 2. The minimum Gasteiger partial charge on any atom is -0.378 e. The number of hydrogen-bond donors (Lipinski definition) is 2. The van der Waals surface area contributed by atoms with Crippen LogP contribution in [0.25, 0.3) is 27.8 Å². The van der Waals surface area contributed by atoms with Crippen LogP contribution in [0.1, 0.15) is 18.1 Å². The summed E-state index contributed by atoms with van der Waals surface area (Å²) in [5.74, 6) is -2.18. The molecule has 1 amide bonds. The number of hydrogen-bond acceptors (Lipinski definition) is 5. The summed E-state index contributed by atoms with van der Waals surface area (Å²) in [7, 11) is 0. The average Bonchev–Trinajstić information content (AvgIpc) is 3.45. The van der Waals surface area contributed by atoms with E-state index in [0.29, 0.717) is 11.6 Å². The topological polar surface area (TPSA) is 109 Å². The van der Waals surface area contributed by atoms with Gasteiger partial charge in [0, 0.05) is 17.8 Å². The first-order valence-electron chi connectivity index (χ1n) is 11.3. The van der Waals surface area contributed by atoms with Gasteiger partial charge in [-0.1, -0.05) is 0 Å². The van der Waals surface area contributed by atoms with Gasteiger partial charge in [-0.2, -0.15) is 18.4 Å². The Kier molecular flexibility index (Phi) is 6.07. The minimum absolute atomic E-state index is 0.136. The normalized spacial score (nSPS) is 13.4. The SMILES string of the molecule is CC(O)(Cn1cnc2cc(F)ccc21)C(=O)Nc1cc(-n2cnc3cc(F)ccc32)c(C#N)c(C(F)(F)F)c1. The summed E-state index contributed by atoms with van der Waals surface area (Å²) >= 11 is 0. The van der Waals surface area contributed by atoms with Gasteiger partial charge in [0.15, 0.2) is 5.60 Å². The van der Waals surface area contributed by atoms with Gasteiger partial charge in [0.05, 0.1) is 51.8 Å². The molecule has 2 N–H and O–H groups in total. The molecule has 1 unspecified atom stereocenters. The van der Waals surface area contributed by atoms with Crippen LogP contribution in [0, 0.1) is 23.0 Å². The number of anilines is 1.